The van der Waals surface area contributed by atoms with E-state index in [0.717, 1.165) is 23.4 Å². The maximum Gasteiger partial charge on any atom is 0.104 e. The molecule has 0 atom stereocenters. The van der Waals surface area contributed by atoms with Gasteiger partial charge in [-0.3, -0.25) is 0 Å². The highest BCUT2D eigenvalue weighted by molar-refractivity contribution is 7.80. The van der Waals surface area contributed by atoms with Crippen molar-refractivity contribution in [2.75, 3.05) is 5.32 Å². The lowest BCUT2D eigenvalue weighted by molar-refractivity contribution is 0.865. The third-order valence-electron chi connectivity index (χ3n) is 3.63. The predicted octanol–water partition coefficient (Wildman–Crippen LogP) is 4.36. The fourth-order valence-corrected chi connectivity index (χ4v) is 2.50. The van der Waals surface area contributed by atoms with Gasteiger partial charge in [-0.15, -0.1) is 0 Å². The second kappa shape index (κ2) is 6.72. The van der Waals surface area contributed by atoms with Crippen molar-refractivity contribution < 1.29 is 0 Å². The lowest BCUT2D eigenvalue weighted by Crippen LogP contribution is -2.11. The van der Waals surface area contributed by atoms with Gasteiger partial charge in [0.2, 0.25) is 0 Å². The lowest BCUT2D eigenvalue weighted by atomic mass is 10.0. The summed E-state index contributed by atoms with van der Waals surface area (Å²) in [7, 11) is 0. The smallest absolute Gasteiger partial charge is 0.104 e. The van der Waals surface area contributed by atoms with Crippen LogP contribution in [0.1, 0.15) is 42.0 Å². The molecule has 0 aromatic heterocycles. The summed E-state index contributed by atoms with van der Waals surface area (Å²) in [4.78, 5) is 0.448. The topological polar surface area (TPSA) is 38.0 Å². The molecule has 0 saturated heterocycles. The molecule has 0 aliphatic rings. The number of hydrogen-bond donors (Lipinski definition) is 2. The molecule has 0 aliphatic heterocycles. The van der Waals surface area contributed by atoms with E-state index in [-0.39, 0.29) is 0 Å². The van der Waals surface area contributed by atoms with Crippen molar-refractivity contribution in [2.24, 2.45) is 5.73 Å². The molecule has 0 fully saturated rings. The van der Waals surface area contributed by atoms with Crippen LogP contribution in [0.4, 0.5) is 5.69 Å². The molecule has 2 rings (SSSR count). The fourth-order valence-electron chi connectivity index (χ4n) is 2.27. The van der Waals surface area contributed by atoms with E-state index < -0.39 is 0 Å². The van der Waals surface area contributed by atoms with Gasteiger partial charge in [0.05, 0.1) is 0 Å². The van der Waals surface area contributed by atoms with Gasteiger partial charge in [0.25, 0.3) is 0 Å². The van der Waals surface area contributed by atoms with Crippen LogP contribution in [-0.2, 0) is 6.54 Å². The highest BCUT2D eigenvalue weighted by Gasteiger charge is 2.03. The number of nitrogens with two attached hydrogens (primary N) is 1. The minimum absolute atomic E-state index is 0.448. The van der Waals surface area contributed by atoms with Crippen molar-refractivity contribution in [2.45, 2.75) is 33.2 Å². The SMILES string of the molecule is Cc1cc(NCc2ccc(C(C)C)cc2)ccc1C(N)=S. The first-order valence-electron chi connectivity index (χ1n) is 7.20. The van der Waals surface area contributed by atoms with Gasteiger partial charge >= 0.3 is 0 Å². The number of anilines is 1. The fraction of sp³-hybridized carbons (Fsp3) is 0.278. The van der Waals surface area contributed by atoms with Gasteiger partial charge in [-0.2, -0.15) is 0 Å². The minimum atomic E-state index is 0.448. The third kappa shape index (κ3) is 4.05. The molecule has 0 saturated carbocycles. The molecule has 0 bridgehead atoms. The summed E-state index contributed by atoms with van der Waals surface area (Å²) in [6, 6.07) is 14.8. The van der Waals surface area contributed by atoms with Gasteiger partial charge in [0, 0.05) is 17.8 Å². The number of nitrogens with one attached hydrogen (secondary N) is 1. The summed E-state index contributed by atoms with van der Waals surface area (Å²) >= 11 is 5.02. The minimum Gasteiger partial charge on any atom is -0.389 e. The van der Waals surface area contributed by atoms with Crippen molar-refractivity contribution in [1.82, 2.24) is 0 Å². The Labute approximate surface area is 132 Å². The van der Waals surface area contributed by atoms with Crippen LogP contribution in [0, 0.1) is 6.92 Å². The Balaban J connectivity index is 2.03. The number of thiocarbonyl (C=S) groups is 1. The predicted molar refractivity (Wildman–Crippen MR) is 94.9 cm³/mol. The van der Waals surface area contributed by atoms with Crippen LogP contribution < -0.4 is 11.1 Å². The van der Waals surface area contributed by atoms with Crippen LogP contribution in [-0.4, -0.2) is 4.99 Å². The molecular formula is C18H22N2S. The van der Waals surface area contributed by atoms with Gasteiger partial charge in [-0.05, 0) is 47.7 Å². The zero-order valence-electron chi connectivity index (χ0n) is 12.8. The average Bonchev–Trinajstić information content (AvgIpc) is 2.45. The Morgan fingerprint density at radius 1 is 1.14 bits per heavy atom. The van der Waals surface area contributed by atoms with E-state index >= 15 is 0 Å². The first-order valence-corrected chi connectivity index (χ1v) is 7.61. The van der Waals surface area contributed by atoms with E-state index in [4.69, 9.17) is 18.0 Å². The first-order chi connectivity index (χ1) is 9.97. The third-order valence-corrected chi connectivity index (χ3v) is 3.85. The highest BCUT2D eigenvalue weighted by Crippen LogP contribution is 2.18. The molecule has 0 amide bonds. The van der Waals surface area contributed by atoms with Gasteiger partial charge in [0.1, 0.15) is 4.99 Å². The van der Waals surface area contributed by atoms with E-state index in [1.54, 1.807) is 0 Å². The second-order valence-electron chi connectivity index (χ2n) is 5.64. The molecule has 21 heavy (non-hydrogen) atoms. The van der Waals surface area contributed by atoms with E-state index in [9.17, 15) is 0 Å². The largest absolute Gasteiger partial charge is 0.389 e. The zero-order valence-corrected chi connectivity index (χ0v) is 13.6. The molecule has 0 unspecified atom stereocenters. The molecule has 0 radical (unpaired) electrons. The van der Waals surface area contributed by atoms with E-state index in [0.29, 0.717) is 10.9 Å². The number of aryl methyl sites for hydroxylation is 1. The molecule has 0 spiro atoms. The van der Waals surface area contributed by atoms with E-state index in [1.165, 1.54) is 11.1 Å². The molecule has 0 aliphatic carbocycles. The molecule has 2 nitrogen and oxygen atoms in total. The molecule has 3 N–H and O–H groups in total. The highest BCUT2D eigenvalue weighted by atomic mass is 32.1. The monoisotopic (exact) mass is 298 g/mol. The van der Waals surface area contributed by atoms with Crippen LogP contribution in [0.25, 0.3) is 0 Å². The maximum atomic E-state index is 5.68. The van der Waals surface area contributed by atoms with Crippen LogP contribution >= 0.6 is 12.2 Å². The number of hydrogen-bond acceptors (Lipinski definition) is 2. The average molecular weight is 298 g/mol. The Morgan fingerprint density at radius 3 is 2.33 bits per heavy atom. The molecule has 2 aromatic carbocycles. The van der Waals surface area contributed by atoms with Crippen molar-refractivity contribution in [3.63, 3.8) is 0 Å². The van der Waals surface area contributed by atoms with Gasteiger partial charge in [-0.25, -0.2) is 0 Å². The molecular weight excluding hydrogens is 276 g/mol. The molecule has 2 aromatic rings. The summed E-state index contributed by atoms with van der Waals surface area (Å²) in [6.07, 6.45) is 0. The van der Waals surface area contributed by atoms with Gasteiger partial charge < -0.3 is 11.1 Å². The van der Waals surface area contributed by atoms with Crippen LogP contribution in [0.3, 0.4) is 0 Å². The normalized spacial score (nSPS) is 10.7. The van der Waals surface area contributed by atoms with Crippen molar-refractivity contribution in [3.05, 3.63) is 64.7 Å². The molecule has 0 heterocycles. The van der Waals surface area contributed by atoms with Crippen molar-refractivity contribution in [3.8, 4) is 0 Å². The summed E-state index contributed by atoms with van der Waals surface area (Å²) in [5, 5.41) is 3.43. The number of benzene rings is 2. The Morgan fingerprint density at radius 2 is 1.81 bits per heavy atom. The summed E-state index contributed by atoms with van der Waals surface area (Å²) in [5.41, 5.74) is 11.4. The van der Waals surface area contributed by atoms with E-state index in [2.05, 4.69) is 49.5 Å². The van der Waals surface area contributed by atoms with E-state index in [1.807, 2.05) is 19.1 Å². The van der Waals surface area contributed by atoms with Crippen LogP contribution in [0.2, 0.25) is 0 Å². The van der Waals surface area contributed by atoms with Crippen molar-refractivity contribution >= 4 is 22.9 Å². The molecule has 110 valence electrons. The summed E-state index contributed by atoms with van der Waals surface area (Å²) in [6.45, 7) is 7.25. The van der Waals surface area contributed by atoms with Crippen LogP contribution in [0.15, 0.2) is 42.5 Å². The van der Waals surface area contributed by atoms with Crippen molar-refractivity contribution in [1.29, 1.82) is 0 Å². The summed E-state index contributed by atoms with van der Waals surface area (Å²) < 4.78 is 0. The quantitative estimate of drug-likeness (QED) is 0.805. The van der Waals surface area contributed by atoms with Crippen LogP contribution in [0.5, 0.6) is 0 Å². The first kappa shape index (κ1) is 15.5. The Kier molecular flexibility index (Phi) is 4.97. The standard InChI is InChI=1S/C18H22N2S/c1-12(2)15-6-4-14(5-7-15)11-20-16-8-9-17(18(19)21)13(3)10-16/h4-10,12,20H,11H2,1-3H3,(H2,19,21). The van der Waals surface area contributed by atoms with Gasteiger partial charge in [0.15, 0.2) is 0 Å². The maximum absolute atomic E-state index is 5.68. The number of rotatable bonds is 5. The second-order valence-corrected chi connectivity index (χ2v) is 6.08. The Hall–Kier alpha value is -1.87. The zero-order chi connectivity index (χ0) is 15.4. The Bertz CT molecular complexity index is 630. The van der Waals surface area contributed by atoms with Gasteiger partial charge in [-0.1, -0.05) is 50.3 Å². The summed E-state index contributed by atoms with van der Waals surface area (Å²) in [5.74, 6) is 0.572. The lowest BCUT2D eigenvalue weighted by Gasteiger charge is -2.11. The molecule has 3 heteroatoms.